The number of anilines is 4. The van der Waals surface area contributed by atoms with E-state index >= 15 is 0 Å². The molecule has 1 aliphatic rings. The number of ether oxygens (including phenoxy) is 1. The first kappa shape index (κ1) is 51.2. The van der Waals surface area contributed by atoms with Crippen molar-refractivity contribution in [3.05, 3.63) is 216 Å². The highest BCUT2D eigenvalue weighted by Gasteiger charge is 2.34. The minimum absolute atomic E-state index is 0.0461. The molecule has 0 atom stereocenters. The van der Waals surface area contributed by atoms with Gasteiger partial charge >= 0.3 is 0 Å². The lowest BCUT2D eigenvalue weighted by Crippen LogP contribution is -2.25. The zero-order valence-electron chi connectivity index (χ0n) is 46.8. The molecule has 0 unspecified atom stereocenters. The number of aromatic nitrogens is 2. The topological polar surface area (TPSA) is 33.5 Å². The Morgan fingerprint density at radius 2 is 1.09 bits per heavy atom. The van der Waals surface area contributed by atoms with Gasteiger partial charge in [0, 0.05) is 45.9 Å². The van der Waals surface area contributed by atoms with Crippen LogP contribution in [-0.4, -0.2) is 16.2 Å². The van der Waals surface area contributed by atoms with Gasteiger partial charge in [0.15, 0.2) is 0 Å². The summed E-state index contributed by atoms with van der Waals surface area (Å²) in [6, 6.07) is 62.5. The average molecular weight is 1020 g/mol. The summed E-state index contributed by atoms with van der Waals surface area (Å²) in [7, 11) is 0. The Balaban J connectivity index is 1.10. The smallest absolute Gasteiger partial charge is 0.137 e. The summed E-state index contributed by atoms with van der Waals surface area (Å²) >= 11 is 0. The van der Waals surface area contributed by atoms with Crippen LogP contribution < -0.4 is 14.5 Å². The molecule has 0 aliphatic carbocycles. The Hall–Kier alpha value is -7.96. The summed E-state index contributed by atoms with van der Waals surface area (Å²) in [6.45, 7) is 27.7. The van der Waals surface area contributed by atoms with E-state index in [4.69, 9.17) is 9.72 Å². The van der Waals surface area contributed by atoms with Crippen molar-refractivity contribution < 1.29 is 9.13 Å². The van der Waals surface area contributed by atoms with Gasteiger partial charge in [0.1, 0.15) is 29.8 Å². The van der Waals surface area contributed by atoms with Crippen LogP contribution in [0.5, 0.6) is 11.5 Å². The molecule has 0 N–H and O–H groups in total. The molecule has 0 radical (unpaired) electrons. The van der Waals surface area contributed by atoms with E-state index in [1.54, 1.807) is 12.1 Å². The van der Waals surface area contributed by atoms with E-state index in [9.17, 15) is 4.39 Å². The van der Waals surface area contributed by atoms with Crippen LogP contribution in [0.2, 0.25) is 0 Å². The fourth-order valence-corrected chi connectivity index (χ4v) is 11.2. The molecule has 388 valence electrons. The van der Waals surface area contributed by atoms with Gasteiger partial charge in [0.05, 0.1) is 28.1 Å². The normalized spacial score (nSPS) is 13.0. The molecular weight excluding hydrogens is 944 g/mol. The van der Waals surface area contributed by atoms with Gasteiger partial charge in [-0.05, 0) is 158 Å². The van der Waals surface area contributed by atoms with E-state index in [1.807, 2.05) is 18.3 Å². The Morgan fingerprint density at radius 3 is 1.77 bits per heavy atom. The average Bonchev–Trinajstić information content (AvgIpc) is 4.06. The lowest BCUT2D eigenvalue weighted by molar-refractivity contribution is 0.483. The first-order valence-corrected chi connectivity index (χ1v) is 27.5. The van der Waals surface area contributed by atoms with Crippen LogP contribution in [0.25, 0.3) is 61.0 Å². The van der Waals surface area contributed by atoms with Crippen LogP contribution in [-0.2, 0) is 10.8 Å². The maximum absolute atomic E-state index is 14.9. The van der Waals surface area contributed by atoms with E-state index in [1.165, 1.54) is 38.9 Å². The summed E-state index contributed by atoms with van der Waals surface area (Å²) in [5.41, 5.74) is 19.1. The van der Waals surface area contributed by atoms with Crippen molar-refractivity contribution >= 4 is 44.6 Å². The predicted molar refractivity (Wildman–Crippen MR) is 323 cm³/mol. The molecule has 0 fully saturated rings. The summed E-state index contributed by atoms with van der Waals surface area (Å²) in [6.07, 6.45) is 1.93. The standard InChI is InChI=1S/C71H71FN4O/c1-44(2)48-33-49(45(3)4)35-50(34-48)63-39-53(71(10,11)12)38-62(47-25-27-54(72)28-26-47)69(63)75-43-74(65-23-17-18-24-66(65)75)55-36-51(59-20-14-13-19-58(59)46(5)6)37-57(41-55)77-56-29-30-61-60-21-15-16-22-64(60)76(67(61)42-56)68-40-52(31-32-73-68)70(7,8)9/h13-42,44-46H,43H2,1-12H3. The van der Waals surface area contributed by atoms with Gasteiger partial charge in [-0.3, -0.25) is 4.57 Å². The van der Waals surface area contributed by atoms with Crippen molar-refractivity contribution in [1.82, 2.24) is 9.55 Å². The highest BCUT2D eigenvalue weighted by Crippen LogP contribution is 2.53. The largest absolute Gasteiger partial charge is 0.457 e. The number of benzene rings is 8. The molecule has 0 bridgehead atoms. The second-order valence-electron chi connectivity index (χ2n) is 24.1. The molecular formula is C71H71FN4O. The fraction of sp³-hybridized carbons (Fsp3) is 0.254. The number of hydrogen-bond acceptors (Lipinski definition) is 4. The number of halogens is 1. The third-order valence-electron chi connectivity index (χ3n) is 15.6. The lowest BCUT2D eigenvalue weighted by atomic mass is 9.81. The maximum Gasteiger partial charge on any atom is 0.137 e. The molecule has 2 aromatic heterocycles. The second-order valence-corrected chi connectivity index (χ2v) is 24.1. The van der Waals surface area contributed by atoms with Gasteiger partial charge in [-0.15, -0.1) is 0 Å². The molecule has 0 spiro atoms. The molecule has 0 saturated heterocycles. The predicted octanol–water partition coefficient (Wildman–Crippen LogP) is 20.3. The molecule has 8 aromatic carbocycles. The zero-order chi connectivity index (χ0) is 54.1. The molecule has 11 rings (SSSR count). The number of para-hydroxylation sites is 3. The molecule has 1 aliphatic heterocycles. The Kier molecular flexibility index (Phi) is 13.2. The van der Waals surface area contributed by atoms with Gasteiger partial charge < -0.3 is 14.5 Å². The second kappa shape index (κ2) is 19.9. The van der Waals surface area contributed by atoms with Gasteiger partial charge in [-0.2, -0.15) is 0 Å². The lowest BCUT2D eigenvalue weighted by Gasteiger charge is -2.31. The summed E-state index contributed by atoms with van der Waals surface area (Å²) in [5, 5.41) is 2.30. The van der Waals surface area contributed by atoms with Gasteiger partial charge in [0.2, 0.25) is 0 Å². The zero-order valence-corrected chi connectivity index (χ0v) is 46.8. The third kappa shape index (κ3) is 9.80. The van der Waals surface area contributed by atoms with Gasteiger partial charge in [-0.25, -0.2) is 9.37 Å². The quantitative estimate of drug-likeness (QED) is 0.129. The Labute approximate surface area is 455 Å². The van der Waals surface area contributed by atoms with Crippen molar-refractivity contribution in [2.24, 2.45) is 0 Å². The number of pyridine rings is 1. The monoisotopic (exact) mass is 1010 g/mol. The van der Waals surface area contributed by atoms with Crippen molar-refractivity contribution in [2.75, 3.05) is 16.5 Å². The molecule has 0 amide bonds. The molecule has 10 aromatic rings. The molecule has 77 heavy (non-hydrogen) atoms. The summed E-state index contributed by atoms with van der Waals surface area (Å²) < 4.78 is 24.4. The third-order valence-corrected chi connectivity index (χ3v) is 15.6. The number of nitrogens with zero attached hydrogens (tertiary/aromatic N) is 4. The van der Waals surface area contributed by atoms with Crippen molar-refractivity contribution in [2.45, 2.75) is 112 Å². The van der Waals surface area contributed by atoms with Crippen LogP contribution in [0, 0.1) is 5.82 Å². The van der Waals surface area contributed by atoms with Crippen molar-refractivity contribution in [3.63, 3.8) is 0 Å². The minimum Gasteiger partial charge on any atom is -0.457 e. The van der Waals surface area contributed by atoms with Crippen LogP contribution in [0.15, 0.2) is 182 Å². The summed E-state index contributed by atoms with van der Waals surface area (Å²) in [4.78, 5) is 9.87. The van der Waals surface area contributed by atoms with Crippen molar-refractivity contribution in [1.29, 1.82) is 0 Å². The van der Waals surface area contributed by atoms with E-state index < -0.39 is 0 Å². The molecule has 6 heteroatoms. The van der Waals surface area contributed by atoms with Crippen molar-refractivity contribution in [3.8, 4) is 50.7 Å². The van der Waals surface area contributed by atoms with E-state index in [0.717, 1.165) is 84.1 Å². The molecule has 5 nitrogen and oxygen atoms in total. The van der Waals surface area contributed by atoms with E-state index in [2.05, 4.69) is 249 Å². The van der Waals surface area contributed by atoms with Crippen LogP contribution in [0.3, 0.4) is 0 Å². The minimum atomic E-state index is -0.256. The van der Waals surface area contributed by atoms with E-state index in [-0.39, 0.29) is 16.6 Å². The Bertz CT molecular complexity index is 3820. The highest BCUT2D eigenvalue weighted by atomic mass is 19.1. The van der Waals surface area contributed by atoms with Crippen LogP contribution in [0.1, 0.15) is 129 Å². The SMILES string of the molecule is CC(C)c1cc(-c2cc(C(C)(C)C)cc(-c3ccc(F)cc3)c2N2CN(c3cc(Oc4ccc5c6ccccc6n(-c6cc(C(C)(C)C)ccn6)c5c4)cc(-c4ccccc4C(C)C)c3)c3ccccc32)cc(C(C)C)c1. The summed E-state index contributed by atoms with van der Waals surface area (Å²) in [5.74, 6) is 3.04. The highest BCUT2D eigenvalue weighted by molar-refractivity contribution is 6.09. The van der Waals surface area contributed by atoms with Crippen LogP contribution in [0.4, 0.5) is 27.1 Å². The molecule has 3 heterocycles. The molecule has 0 saturated carbocycles. The number of fused-ring (bicyclic) bond motifs is 4. The maximum atomic E-state index is 14.9. The van der Waals surface area contributed by atoms with E-state index in [0.29, 0.717) is 24.4 Å². The fourth-order valence-electron chi connectivity index (χ4n) is 11.2. The van der Waals surface area contributed by atoms with Gasteiger partial charge in [0.25, 0.3) is 0 Å². The van der Waals surface area contributed by atoms with Gasteiger partial charge in [-0.1, -0.05) is 168 Å². The number of hydrogen-bond donors (Lipinski definition) is 0. The first-order valence-electron chi connectivity index (χ1n) is 27.5. The number of rotatable bonds is 11. The first-order chi connectivity index (χ1) is 36.8. The Morgan fingerprint density at radius 1 is 0.481 bits per heavy atom. The van der Waals surface area contributed by atoms with Crippen LogP contribution >= 0.6 is 0 Å².